The van der Waals surface area contributed by atoms with Gasteiger partial charge >= 0.3 is 6.03 Å². The normalized spacial score (nSPS) is 20.4. The summed E-state index contributed by atoms with van der Waals surface area (Å²) in [7, 11) is -3.56. The maximum atomic E-state index is 13.1. The molecule has 39 heavy (non-hydrogen) atoms. The Labute approximate surface area is 231 Å². The molecule has 3 fully saturated rings. The number of terminal acetylenes is 1. The highest BCUT2D eigenvalue weighted by Crippen LogP contribution is 2.40. The Hall–Kier alpha value is -3.13. The fraction of sp³-hybridized carbons (Fsp3) is 0.517. The summed E-state index contributed by atoms with van der Waals surface area (Å²) in [6, 6.07) is 14.6. The lowest BCUT2D eigenvalue weighted by Gasteiger charge is -2.60. The number of rotatable bonds is 7. The number of likely N-dealkylation sites (tertiary alicyclic amines) is 3. The molecule has 10 heteroatoms. The van der Waals surface area contributed by atoms with E-state index >= 15 is 0 Å². The quantitative estimate of drug-likeness (QED) is 0.532. The zero-order valence-corrected chi connectivity index (χ0v) is 23.5. The maximum Gasteiger partial charge on any atom is 0.318 e. The first-order chi connectivity index (χ1) is 18.6. The third-order valence-corrected chi connectivity index (χ3v) is 9.81. The van der Waals surface area contributed by atoms with Crippen LogP contribution in [0.5, 0.6) is 0 Å². The number of carbonyl (C=O) groups is 2. The molecule has 0 aliphatic carbocycles. The molecule has 1 atom stereocenters. The van der Waals surface area contributed by atoms with Gasteiger partial charge in [0.15, 0.2) is 0 Å². The van der Waals surface area contributed by atoms with Gasteiger partial charge < -0.3 is 15.1 Å². The lowest BCUT2D eigenvalue weighted by atomic mass is 9.73. The van der Waals surface area contributed by atoms with Crippen LogP contribution in [0, 0.1) is 17.8 Å². The summed E-state index contributed by atoms with van der Waals surface area (Å²) in [5.74, 6) is 2.21. The first-order valence-corrected chi connectivity index (χ1v) is 15.4. The second kappa shape index (κ2) is 10.8. The number of carbonyl (C=O) groups excluding carboxylic acids is 2. The number of nitrogens with one attached hydrogen (secondary N) is 1. The van der Waals surface area contributed by atoms with E-state index in [2.05, 4.69) is 59.5 Å². The van der Waals surface area contributed by atoms with E-state index in [9.17, 15) is 18.0 Å². The van der Waals surface area contributed by atoms with Gasteiger partial charge in [-0.25, -0.2) is 13.2 Å². The molecule has 9 nitrogen and oxygen atoms in total. The monoisotopic (exact) mass is 551 g/mol. The van der Waals surface area contributed by atoms with Crippen molar-refractivity contribution in [3.8, 4) is 12.3 Å². The van der Waals surface area contributed by atoms with Crippen LogP contribution in [0.2, 0.25) is 0 Å². The molecule has 2 aromatic rings. The van der Waals surface area contributed by atoms with Crippen molar-refractivity contribution in [3.63, 3.8) is 0 Å². The molecule has 3 heterocycles. The maximum absolute atomic E-state index is 13.1. The van der Waals surface area contributed by atoms with Crippen molar-refractivity contribution in [1.29, 1.82) is 0 Å². The standard InChI is InChI=1S/C29H37N5O4S/c1-4-14-30-28(36)33-20-29(21-33)18-32(19-29)27(35)17-34(39(3,37)38)24-12-15-31(16-13-24)22(2)25-11-7-9-23-8-5-6-10-26(23)25/h1,5-11,22,24H,12-21H2,2-3H3,(H,30,36). The molecule has 208 valence electrons. The van der Waals surface area contributed by atoms with Crippen LogP contribution in [-0.2, 0) is 14.8 Å². The Morgan fingerprint density at radius 3 is 2.38 bits per heavy atom. The van der Waals surface area contributed by atoms with Crippen LogP contribution in [-0.4, -0.2) is 104 Å². The molecule has 0 bridgehead atoms. The Balaban J connectivity index is 1.15. The molecule has 5 rings (SSSR count). The Morgan fingerprint density at radius 2 is 1.72 bits per heavy atom. The zero-order valence-electron chi connectivity index (χ0n) is 22.7. The molecule has 0 saturated carbocycles. The number of amides is 3. The van der Waals surface area contributed by atoms with Gasteiger partial charge in [0.2, 0.25) is 15.9 Å². The minimum absolute atomic E-state index is 0.0812. The highest BCUT2D eigenvalue weighted by atomic mass is 32.2. The highest BCUT2D eigenvalue weighted by molar-refractivity contribution is 7.88. The minimum Gasteiger partial charge on any atom is -0.340 e. The lowest BCUT2D eigenvalue weighted by molar-refractivity contribution is -0.154. The van der Waals surface area contributed by atoms with E-state index < -0.39 is 10.0 Å². The number of fused-ring (bicyclic) bond motifs is 1. The summed E-state index contributed by atoms with van der Waals surface area (Å²) in [5, 5.41) is 5.11. The summed E-state index contributed by atoms with van der Waals surface area (Å²) in [6.45, 7) is 6.04. The smallest absolute Gasteiger partial charge is 0.318 e. The number of hydrogen-bond donors (Lipinski definition) is 1. The van der Waals surface area contributed by atoms with Gasteiger partial charge in [0.1, 0.15) is 0 Å². The van der Waals surface area contributed by atoms with Gasteiger partial charge in [0, 0.05) is 56.8 Å². The fourth-order valence-electron chi connectivity index (χ4n) is 6.41. The lowest BCUT2D eigenvalue weighted by Crippen LogP contribution is -2.75. The van der Waals surface area contributed by atoms with Crippen LogP contribution in [0.1, 0.15) is 31.4 Å². The van der Waals surface area contributed by atoms with Crippen LogP contribution >= 0.6 is 0 Å². The van der Waals surface area contributed by atoms with Crippen molar-refractivity contribution in [2.24, 2.45) is 5.41 Å². The largest absolute Gasteiger partial charge is 0.340 e. The molecule has 3 aliphatic rings. The van der Waals surface area contributed by atoms with Gasteiger partial charge in [0.25, 0.3) is 0 Å². The zero-order chi connectivity index (χ0) is 27.8. The van der Waals surface area contributed by atoms with Crippen LogP contribution < -0.4 is 5.32 Å². The van der Waals surface area contributed by atoms with Crippen molar-refractivity contribution in [2.75, 3.05) is 58.6 Å². The fourth-order valence-corrected chi connectivity index (χ4v) is 7.51. The molecule has 1 spiro atoms. The molecular weight excluding hydrogens is 514 g/mol. The van der Waals surface area contributed by atoms with Crippen LogP contribution in [0.4, 0.5) is 4.79 Å². The number of benzene rings is 2. The molecule has 1 unspecified atom stereocenters. The third-order valence-electron chi connectivity index (χ3n) is 8.53. The molecule has 1 N–H and O–H groups in total. The second-order valence-electron chi connectivity index (χ2n) is 11.3. The minimum atomic E-state index is -3.56. The number of urea groups is 1. The average Bonchev–Trinajstić information content (AvgIpc) is 2.87. The first-order valence-electron chi connectivity index (χ1n) is 13.5. The van der Waals surface area contributed by atoms with Gasteiger partial charge in [-0.15, -0.1) is 6.42 Å². The predicted octanol–water partition coefficient (Wildman–Crippen LogP) is 2.11. The Kier molecular flexibility index (Phi) is 7.60. The summed E-state index contributed by atoms with van der Waals surface area (Å²) in [6.07, 6.45) is 7.75. The number of nitrogens with zero attached hydrogens (tertiary/aromatic N) is 4. The van der Waals surface area contributed by atoms with Crippen LogP contribution in [0.15, 0.2) is 42.5 Å². The van der Waals surface area contributed by atoms with E-state index in [4.69, 9.17) is 6.42 Å². The molecule has 0 radical (unpaired) electrons. The van der Waals surface area contributed by atoms with Crippen molar-refractivity contribution < 1.29 is 18.0 Å². The van der Waals surface area contributed by atoms with Crippen LogP contribution in [0.25, 0.3) is 10.8 Å². The third kappa shape index (κ3) is 5.62. The van der Waals surface area contributed by atoms with Gasteiger partial charge in [0.05, 0.1) is 19.3 Å². The SMILES string of the molecule is C#CCNC(=O)N1CC2(CN(C(=O)CN(C3CCN(C(C)c4cccc5ccccc45)CC3)S(C)(=O)=O)C2)C1. The molecule has 2 aromatic carbocycles. The number of piperidine rings is 1. The van der Waals surface area contributed by atoms with E-state index in [1.807, 2.05) is 6.07 Å². The molecule has 3 amide bonds. The van der Waals surface area contributed by atoms with Crippen molar-refractivity contribution >= 4 is 32.7 Å². The van der Waals surface area contributed by atoms with Gasteiger partial charge in [-0.3, -0.25) is 9.69 Å². The topological polar surface area (TPSA) is 93.3 Å². The van der Waals surface area contributed by atoms with Crippen molar-refractivity contribution in [1.82, 2.24) is 24.3 Å². The van der Waals surface area contributed by atoms with Gasteiger partial charge in [-0.05, 0) is 36.1 Å². The predicted molar refractivity (Wildman–Crippen MR) is 151 cm³/mol. The number of sulfonamides is 1. The molecule has 0 aromatic heterocycles. The molecule has 3 aliphatic heterocycles. The van der Waals surface area contributed by atoms with E-state index in [-0.39, 0.29) is 42.5 Å². The summed E-state index contributed by atoms with van der Waals surface area (Å²) >= 11 is 0. The van der Waals surface area contributed by atoms with Crippen LogP contribution in [0.3, 0.4) is 0 Å². The van der Waals surface area contributed by atoms with E-state index in [0.717, 1.165) is 13.1 Å². The van der Waals surface area contributed by atoms with E-state index in [1.165, 1.54) is 26.9 Å². The van der Waals surface area contributed by atoms with Gasteiger partial charge in [-0.1, -0.05) is 48.4 Å². The Morgan fingerprint density at radius 1 is 1.08 bits per heavy atom. The van der Waals surface area contributed by atoms with Crippen molar-refractivity contribution in [3.05, 3.63) is 48.0 Å². The van der Waals surface area contributed by atoms with E-state index in [0.29, 0.717) is 39.0 Å². The first kappa shape index (κ1) is 27.4. The highest BCUT2D eigenvalue weighted by Gasteiger charge is 2.54. The molecular formula is C29H37N5O4S. The Bertz CT molecular complexity index is 1380. The van der Waals surface area contributed by atoms with Gasteiger partial charge in [-0.2, -0.15) is 4.31 Å². The number of hydrogen-bond acceptors (Lipinski definition) is 5. The average molecular weight is 552 g/mol. The summed E-state index contributed by atoms with van der Waals surface area (Å²) < 4.78 is 26.9. The van der Waals surface area contributed by atoms with E-state index in [1.54, 1.807) is 9.80 Å². The summed E-state index contributed by atoms with van der Waals surface area (Å²) in [5.41, 5.74) is 1.19. The molecule has 3 saturated heterocycles. The second-order valence-corrected chi connectivity index (χ2v) is 13.2. The summed E-state index contributed by atoms with van der Waals surface area (Å²) in [4.78, 5) is 30.9. The van der Waals surface area contributed by atoms with Crippen molar-refractivity contribution in [2.45, 2.75) is 31.8 Å².